The van der Waals surface area contributed by atoms with E-state index in [1.54, 1.807) is 12.1 Å². The van der Waals surface area contributed by atoms with Gasteiger partial charge in [-0.1, -0.05) is 35.0 Å². The molecule has 2 aromatic rings. The fourth-order valence-electron chi connectivity index (χ4n) is 1.91. The number of hydrogen-bond donors (Lipinski definition) is 1. The van der Waals surface area contributed by atoms with Gasteiger partial charge in [0.2, 0.25) is 0 Å². The molecule has 1 amide bonds. The van der Waals surface area contributed by atoms with Crippen LogP contribution in [0.25, 0.3) is 0 Å². The first-order valence-electron chi connectivity index (χ1n) is 6.83. The third-order valence-corrected chi connectivity index (χ3v) is 3.02. The monoisotopic (exact) mass is 298 g/mol. The van der Waals surface area contributed by atoms with E-state index in [0.717, 1.165) is 5.56 Å². The lowest BCUT2D eigenvalue weighted by Gasteiger charge is -2.12. The van der Waals surface area contributed by atoms with Crippen LogP contribution >= 0.6 is 0 Å². The largest absolute Gasteiger partial charge is 0.457 e. The summed E-state index contributed by atoms with van der Waals surface area (Å²) >= 11 is 0. The lowest BCUT2D eigenvalue weighted by Crippen LogP contribution is -2.28. The number of benzene rings is 2. The fourth-order valence-corrected chi connectivity index (χ4v) is 1.91. The van der Waals surface area contributed by atoms with E-state index >= 15 is 0 Å². The lowest BCUT2D eigenvalue weighted by molar-refractivity contribution is -0.114. The molecule has 1 N–H and O–H groups in total. The number of ether oxygens (including phenoxy) is 1. The van der Waals surface area contributed by atoms with Crippen LogP contribution in [-0.4, -0.2) is 25.8 Å². The zero-order chi connectivity index (χ0) is 15.9. The number of rotatable bonds is 5. The predicted octanol–water partition coefficient (Wildman–Crippen LogP) is 2.88. The molecule has 2 aromatic carbocycles. The molecule has 2 rings (SSSR count). The van der Waals surface area contributed by atoms with Crippen LogP contribution in [0.3, 0.4) is 0 Å². The van der Waals surface area contributed by atoms with Gasteiger partial charge in [0.25, 0.3) is 5.91 Å². The summed E-state index contributed by atoms with van der Waals surface area (Å²) in [5.41, 5.74) is 1.87. The van der Waals surface area contributed by atoms with Crippen molar-refractivity contribution in [3.05, 3.63) is 59.7 Å². The van der Waals surface area contributed by atoms with E-state index in [1.165, 1.54) is 14.2 Å². The number of aryl methyl sites for hydroxylation is 1. The third-order valence-electron chi connectivity index (χ3n) is 3.02. The van der Waals surface area contributed by atoms with Crippen LogP contribution in [0.4, 0.5) is 0 Å². The van der Waals surface area contributed by atoms with Gasteiger partial charge in [0.05, 0.1) is 5.56 Å². The summed E-state index contributed by atoms with van der Waals surface area (Å²) in [7, 11) is 2.93. The minimum atomic E-state index is -0.346. The Kier molecular flexibility index (Phi) is 5.14. The quantitative estimate of drug-likeness (QED) is 0.682. The van der Waals surface area contributed by atoms with E-state index in [0.29, 0.717) is 17.1 Å². The zero-order valence-corrected chi connectivity index (χ0v) is 12.8. The molecule has 0 radical (unpaired) electrons. The Morgan fingerprint density at radius 3 is 2.41 bits per heavy atom. The Morgan fingerprint density at radius 1 is 1.09 bits per heavy atom. The van der Waals surface area contributed by atoms with Crippen LogP contribution in [-0.2, 0) is 9.63 Å². The second kappa shape index (κ2) is 7.26. The summed E-state index contributed by atoms with van der Waals surface area (Å²) in [5, 5.41) is 6.35. The van der Waals surface area contributed by atoms with Gasteiger partial charge in [-0.15, -0.1) is 0 Å². The van der Waals surface area contributed by atoms with Gasteiger partial charge in [-0.05, 0) is 31.2 Å². The maximum atomic E-state index is 12.0. The van der Waals surface area contributed by atoms with Gasteiger partial charge in [-0.25, -0.2) is 0 Å². The molecule has 0 saturated heterocycles. The molecule has 0 unspecified atom stereocenters. The van der Waals surface area contributed by atoms with Crippen LogP contribution in [0.2, 0.25) is 0 Å². The summed E-state index contributed by atoms with van der Waals surface area (Å²) < 4.78 is 5.87. The van der Waals surface area contributed by atoms with Gasteiger partial charge in [-0.2, -0.15) is 0 Å². The van der Waals surface area contributed by atoms with Crippen molar-refractivity contribution >= 4 is 11.6 Å². The molecule has 0 fully saturated rings. The van der Waals surface area contributed by atoms with E-state index in [9.17, 15) is 4.79 Å². The number of para-hydroxylation sites is 1. The number of carbonyl (C=O) groups is 1. The van der Waals surface area contributed by atoms with Crippen molar-refractivity contribution < 1.29 is 14.4 Å². The second-order valence-electron chi connectivity index (χ2n) is 4.61. The Bertz CT molecular complexity index is 679. The molecule has 0 atom stereocenters. The molecule has 0 aliphatic rings. The highest BCUT2D eigenvalue weighted by Crippen LogP contribution is 2.26. The van der Waals surface area contributed by atoms with Crippen molar-refractivity contribution in [3.8, 4) is 11.5 Å². The average molecular weight is 298 g/mol. The van der Waals surface area contributed by atoms with Crippen molar-refractivity contribution in [2.24, 2.45) is 5.16 Å². The SMILES string of the molecule is CNC(=O)C(=NOC)c1ccccc1Oc1ccc(C)cc1. The van der Waals surface area contributed by atoms with E-state index in [2.05, 4.69) is 10.5 Å². The van der Waals surface area contributed by atoms with Crippen LogP contribution in [0.15, 0.2) is 53.7 Å². The number of nitrogens with one attached hydrogen (secondary N) is 1. The molecule has 0 spiro atoms. The standard InChI is InChI=1S/C17H18N2O3/c1-12-8-10-13(11-9-12)22-15-7-5-4-6-14(15)16(19-21-3)17(20)18-2/h4-11H,1-3H3,(H,18,20). The van der Waals surface area contributed by atoms with Gasteiger partial charge in [0.15, 0.2) is 5.71 Å². The van der Waals surface area contributed by atoms with Gasteiger partial charge < -0.3 is 14.9 Å². The Morgan fingerprint density at radius 2 is 1.77 bits per heavy atom. The molecule has 114 valence electrons. The smallest absolute Gasteiger partial charge is 0.273 e. The first-order chi connectivity index (χ1) is 10.7. The lowest BCUT2D eigenvalue weighted by atomic mass is 10.1. The molecule has 5 heteroatoms. The summed E-state index contributed by atoms with van der Waals surface area (Å²) in [6, 6.07) is 14.9. The van der Waals surface area contributed by atoms with Crippen molar-refractivity contribution in [3.63, 3.8) is 0 Å². The molecule has 0 saturated carbocycles. The minimum absolute atomic E-state index is 0.160. The van der Waals surface area contributed by atoms with E-state index < -0.39 is 0 Å². The summed E-state index contributed by atoms with van der Waals surface area (Å²) in [6.07, 6.45) is 0. The minimum Gasteiger partial charge on any atom is -0.457 e. The number of amides is 1. The average Bonchev–Trinajstić information content (AvgIpc) is 2.55. The van der Waals surface area contributed by atoms with Gasteiger partial charge in [-0.3, -0.25) is 4.79 Å². The highest BCUT2D eigenvalue weighted by atomic mass is 16.6. The van der Waals surface area contributed by atoms with Crippen LogP contribution < -0.4 is 10.1 Å². The molecule has 0 heterocycles. The number of hydrogen-bond acceptors (Lipinski definition) is 4. The normalized spacial score (nSPS) is 11.0. The summed E-state index contributed by atoms with van der Waals surface area (Å²) in [5.74, 6) is 0.874. The van der Waals surface area contributed by atoms with Crippen molar-refractivity contribution in [2.45, 2.75) is 6.92 Å². The van der Waals surface area contributed by atoms with Crippen molar-refractivity contribution in [2.75, 3.05) is 14.2 Å². The van der Waals surface area contributed by atoms with Crippen molar-refractivity contribution in [1.82, 2.24) is 5.32 Å². The molecule has 0 bridgehead atoms. The summed E-state index contributed by atoms with van der Waals surface area (Å²) in [4.78, 5) is 16.7. The van der Waals surface area contributed by atoms with Crippen LogP contribution in [0.1, 0.15) is 11.1 Å². The highest BCUT2D eigenvalue weighted by Gasteiger charge is 2.18. The maximum absolute atomic E-state index is 12.0. The topological polar surface area (TPSA) is 59.9 Å². The second-order valence-corrected chi connectivity index (χ2v) is 4.61. The fraction of sp³-hybridized carbons (Fsp3) is 0.176. The Hall–Kier alpha value is -2.82. The molecule has 5 nitrogen and oxygen atoms in total. The van der Waals surface area contributed by atoms with Crippen molar-refractivity contribution in [1.29, 1.82) is 0 Å². The van der Waals surface area contributed by atoms with E-state index in [1.807, 2.05) is 43.3 Å². The number of likely N-dealkylation sites (N-methyl/N-ethyl adjacent to an activating group) is 1. The van der Waals surface area contributed by atoms with Crippen LogP contribution in [0, 0.1) is 6.92 Å². The molecule has 0 aliphatic heterocycles. The highest BCUT2D eigenvalue weighted by molar-refractivity contribution is 6.45. The Balaban J connectivity index is 2.39. The first kappa shape index (κ1) is 15.6. The molecular weight excluding hydrogens is 280 g/mol. The predicted molar refractivity (Wildman–Crippen MR) is 85.3 cm³/mol. The number of oxime groups is 1. The third kappa shape index (κ3) is 3.63. The van der Waals surface area contributed by atoms with E-state index in [4.69, 9.17) is 9.57 Å². The molecular formula is C17H18N2O3. The zero-order valence-electron chi connectivity index (χ0n) is 12.8. The van der Waals surface area contributed by atoms with Gasteiger partial charge in [0.1, 0.15) is 18.6 Å². The van der Waals surface area contributed by atoms with Gasteiger partial charge in [0, 0.05) is 7.05 Å². The maximum Gasteiger partial charge on any atom is 0.273 e. The Labute approximate surface area is 129 Å². The molecule has 0 aromatic heterocycles. The van der Waals surface area contributed by atoms with E-state index in [-0.39, 0.29) is 11.6 Å². The number of carbonyl (C=O) groups excluding carboxylic acids is 1. The number of nitrogens with zero attached hydrogens (tertiary/aromatic N) is 1. The summed E-state index contributed by atoms with van der Waals surface area (Å²) in [6.45, 7) is 2.01. The first-order valence-corrected chi connectivity index (χ1v) is 6.83. The van der Waals surface area contributed by atoms with Crippen LogP contribution in [0.5, 0.6) is 11.5 Å². The molecule has 0 aliphatic carbocycles. The molecule has 22 heavy (non-hydrogen) atoms. The van der Waals surface area contributed by atoms with Gasteiger partial charge >= 0.3 is 0 Å².